The molecule has 2 atom stereocenters. The van der Waals surface area contributed by atoms with Gasteiger partial charge in [0.1, 0.15) is 6.04 Å². The van der Waals surface area contributed by atoms with Crippen LogP contribution < -0.4 is 10.6 Å². The number of nitrogens with zero attached hydrogens (tertiary/aromatic N) is 2. The molecule has 5 rings (SSSR count). The molecule has 3 aliphatic heterocycles. The summed E-state index contributed by atoms with van der Waals surface area (Å²) in [5, 5.41) is 5.64. The van der Waals surface area contributed by atoms with Crippen LogP contribution in [0.2, 0.25) is 0 Å². The molecular weight excluding hydrogens is 372 g/mol. The highest BCUT2D eigenvalue weighted by Crippen LogP contribution is 2.33. The number of hydrogen-bond acceptors (Lipinski definition) is 6. The molecule has 0 bridgehead atoms. The molecule has 0 spiro atoms. The van der Waals surface area contributed by atoms with E-state index in [4.69, 9.17) is 0 Å². The molecule has 8 heteroatoms. The molecule has 4 amide bonds. The van der Waals surface area contributed by atoms with Crippen LogP contribution in [-0.2, 0) is 16.1 Å². The number of piperidine rings is 1. The SMILES string of the molecule is O=C1CCC(N2C(=O)c3ccc(CN(C4CC4)C4CCNC4)cc3C2=O)C(=O)N1. The Morgan fingerprint density at radius 2 is 1.76 bits per heavy atom. The molecule has 1 aromatic rings. The van der Waals surface area contributed by atoms with E-state index in [0.717, 1.165) is 36.5 Å². The summed E-state index contributed by atoms with van der Waals surface area (Å²) < 4.78 is 0. The Bertz CT molecular complexity index is 904. The average molecular weight is 396 g/mol. The van der Waals surface area contributed by atoms with Gasteiger partial charge in [0.15, 0.2) is 0 Å². The van der Waals surface area contributed by atoms with E-state index in [1.807, 2.05) is 6.07 Å². The van der Waals surface area contributed by atoms with Gasteiger partial charge in [-0.15, -0.1) is 0 Å². The van der Waals surface area contributed by atoms with Crippen molar-refractivity contribution in [3.63, 3.8) is 0 Å². The first kappa shape index (κ1) is 18.4. The molecule has 1 aliphatic carbocycles. The van der Waals surface area contributed by atoms with Crippen molar-refractivity contribution in [2.45, 2.75) is 56.8 Å². The van der Waals surface area contributed by atoms with Crippen molar-refractivity contribution >= 4 is 23.6 Å². The first-order chi connectivity index (χ1) is 14.0. The van der Waals surface area contributed by atoms with Crippen LogP contribution in [0.3, 0.4) is 0 Å². The first-order valence-corrected chi connectivity index (χ1v) is 10.3. The molecule has 3 fully saturated rings. The zero-order chi connectivity index (χ0) is 20.1. The van der Waals surface area contributed by atoms with Gasteiger partial charge in [-0.2, -0.15) is 0 Å². The largest absolute Gasteiger partial charge is 0.315 e. The number of fused-ring (bicyclic) bond motifs is 1. The van der Waals surface area contributed by atoms with Gasteiger partial charge in [0.25, 0.3) is 11.8 Å². The molecule has 2 unspecified atom stereocenters. The standard InChI is InChI=1S/C21H24N4O4/c26-18-6-5-17(19(27)23-18)25-20(28)15-4-1-12(9-16(15)21(25)29)11-24(13-2-3-13)14-7-8-22-10-14/h1,4,9,13-14,17,22H,2-3,5-8,10-11H2,(H,23,26,27). The Morgan fingerprint density at radius 1 is 0.966 bits per heavy atom. The molecule has 8 nitrogen and oxygen atoms in total. The van der Waals surface area contributed by atoms with Gasteiger partial charge in [-0.3, -0.25) is 34.3 Å². The van der Waals surface area contributed by atoms with E-state index in [9.17, 15) is 19.2 Å². The van der Waals surface area contributed by atoms with E-state index in [1.54, 1.807) is 12.1 Å². The van der Waals surface area contributed by atoms with Crippen LogP contribution in [0, 0.1) is 0 Å². The Balaban J connectivity index is 1.38. The number of carbonyl (C=O) groups is 4. The second kappa shape index (κ2) is 7.03. The lowest BCUT2D eigenvalue weighted by atomic mass is 10.0. The van der Waals surface area contributed by atoms with Gasteiger partial charge in [-0.05, 0) is 49.9 Å². The summed E-state index contributed by atoms with van der Waals surface area (Å²) in [6, 6.07) is 5.61. The highest BCUT2D eigenvalue weighted by Gasteiger charge is 2.44. The predicted octanol–water partition coefficient (Wildman–Crippen LogP) is 0.414. The Hall–Kier alpha value is -2.58. The van der Waals surface area contributed by atoms with E-state index >= 15 is 0 Å². The van der Waals surface area contributed by atoms with E-state index in [1.165, 1.54) is 12.8 Å². The monoisotopic (exact) mass is 396 g/mol. The summed E-state index contributed by atoms with van der Waals surface area (Å²) in [6.45, 7) is 2.78. The van der Waals surface area contributed by atoms with Crippen LogP contribution in [0.15, 0.2) is 18.2 Å². The molecule has 4 aliphatic rings. The quantitative estimate of drug-likeness (QED) is 0.700. The lowest BCUT2D eigenvalue weighted by Gasteiger charge is -2.28. The van der Waals surface area contributed by atoms with Crippen molar-refractivity contribution in [3.8, 4) is 0 Å². The number of hydrogen-bond donors (Lipinski definition) is 2. The Morgan fingerprint density at radius 3 is 2.45 bits per heavy atom. The second-order valence-corrected chi connectivity index (χ2v) is 8.38. The Kier molecular flexibility index (Phi) is 4.48. The molecule has 1 aromatic carbocycles. The molecule has 1 saturated carbocycles. The maximum absolute atomic E-state index is 13.0. The number of benzene rings is 1. The van der Waals surface area contributed by atoms with E-state index in [-0.39, 0.29) is 18.7 Å². The number of carbonyl (C=O) groups excluding carboxylic acids is 4. The van der Waals surface area contributed by atoms with Crippen LogP contribution in [0.4, 0.5) is 0 Å². The highest BCUT2D eigenvalue weighted by molar-refractivity contribution is 6.23. The predicted molar refractivity (Wildman–Crippen MR) is 103 cm³/mol. The summed E-state index contributed by atoms with van der Waals surface area (Å²) >= 11 is 0. The van der Waals surface area contributed by atoms with Gasteiger partial charge in [0.2, 0.25) is 11.8 Å². The van der Waals surface area contributed by atoms with Gasteiger partial charge < -0.3 is 5.32 Å². The summed E-state index contributed by atoms with van der Waals surface area (Å²) in [4.78, 5) is 52.9. The van der Waals surface area contributed by atoms with E-state index < -0.39 is 23.8 Å². The fraction of sp³-hybridized carbons (Fsp3) is 0.524. The molecule has 3 heterocycles. The Labute approximate surface area is 168 Å². The van der Waals surface area contributed by atoms with Gasteiger partial charge in [-0.1, -0.05) is 6.07 Å². The third-order valence-corrected chi connectivity index (χ3v) is 6.39. The minimum Gasteiger partial charge on any atom is -0.315 e. The second-order valence-electron chi connectivity index (χ2n) is 8.38. The fourth-order valence-corrected chi connectivity index (χ4v) is 4.71. The highest BCUT2D eigenvalue weighted by atomic mass is 16.2. The van der Waals surface area contributed by atoms with Crippen molar-refractivity contribution in [3.05, 3.63) is 34.9 Å². The van der Waals surface area contributed by atoms with Crippen LogP contribution in [0.1, 0.15) is 58.4 Å². The molecule has 0 aromatic heterocycles. The zero-order valence-electron chi connectivity index (χ0n) is 16.1. The van der Waals surface area contributed by atoms with Gasteiger partial charge in [-0.25, -0.2) is 0 Å². The third-order valence-electron chi connectivity index (χ3n) is 6.39. The molecule has 152 valence electrons. The molecule has 0 radical (unpaired) electrons. The van der Waals surface area contributed by atoms with E-state index in [2.05, 4.69) is 15.5 Å². The third kappa shape index (κ3) is 3.26. The van der Waals surface area contributed by atoms with Crippen molar-refractivity contribution in [2.75, 3.05) is 13.1 Å². The average Bonchev–Trinajstić information content (AvgIpc) is 3.34. The van der Waals surface area contributed by atoms with Crippen molar-refractivity contribution < 1.29 is 19.2 Å². The number of imide groups is 2. The van der Waals surface area contributed by atoms with Crippen LogP contribution >= 0.6 is 0 Å². The molecule has 2 N–H and O–H groups in total. The maximum atomic E-state index is 13.0. The van der Waals surface area contributed by atoms with Crippen LogP contribution in [-0.4, -0.2) is 64.6 Å². The smallest absolute Gasteiger partial charge is 0.262 e. The van der Waals surface area contributed by atoms with Gasteiger partial charge >= 0.3 is 0 Å². The summed E-state index contributed by atoms with van der Waals surface area (Å²) in [7, 11) is 0. The number of rotatable bonds is 5. The summed E-state index contributed by atoms with van der Waals surface area (Å²) in [6.07, 6.45) is 3.85. The lowest BCUT2D eigenvalue weighted by molar-refractivity contribution is -0.136. The van der Waals surface area contributed by atoms with Crippen LogP contribution in [0.5, 0.6) is 0 Å². The minimum atomic E-state index is -0.920. The lowest BCUT2D eigenvalue weighted by Crippen LogP contribution is -2.54. The fourth-order valence-electron chi connectivity index (χ4n) is 4.71. The van der Waals surface area contributed by atoms with Crippen LogP contribution in [0.25, 0.3) is 0 Å². The van der Waals surface area contributed by atoms with Gasteiger partial charge in [0.05, 0.1) is 11.1 Å². The molecular formula is C21H24N4O4. The van der Waals surface area contributed by atoms with Crippen molar-refractivity contribution in [2.24, 2.45) is 0 Å². The summed E-state index contributed by atoms with van der Waals surface area (Å²) in [5.41, 5.74) is 1.70. The van der Waals surface area contributed by atoms with Crippen molar-refractivity contribution in [1.29, 1.82) is 0 Å². The first-order valence-electron chi connectivity index (χ1n) is 10.3. The normalized spacial score (nSPS) is 27.0. The maximum Gasteiger partial charge on any atom is 0.262 e. The minimum absolute atomic E-state index is 0.126. The van der Waals surface area contributed by atoms with Gasteiger partial charge in [0, 0.05) is 31.6 Å². The van der Waals surface area contributed by atoms with Crippen molar-refractivity contribution in [1.82, 2.24) is 20.4 Å². The zero-order valence-corrected chi connectivity index (χ0v) is 16.1. The topological polar surface area (TPSA) is 98.8 Å². The summed E-state index contributed by atoms with van der Waals surface area (Å²) in [5.74, 6) is -1.84. The molecule has 2 saturated heterocycles. The molecule has 29 heavy (non-hydrogen) atoms. The van der Waals surface area contributed by atoms with E-state index in [0.29, 0.717) is 23.2 Å². The number of nitrogens with one attached hydrogen (secondary N) is 2. The number of amides is 4.